The SMILES string of the molecule is CC[C@H]1OC(=O)[C@H](C)C(=O)[C@H](C)[C@@H](O[C@@H]2OC(C)CC(C)C2O)[C@](C)(OC)C[C@@H](C)CN[C@H](Cc2ccccc2)[C@H]2N(CCCCn3cc(-c4cccc(N)c4)nn3)C(=O)O[C@]12C. The predicted molar refractivity (Wildman–Crippen MR) is 238 cm³/mol. The molecule has 3 aliphatic heterocycles. The first-order valence-corrected chi connectivity index (χ1v) is 22.8. The zero-order valence-electron chi connectivity index (χ0n) is 38.6. The number of unbranched alkanes of at least 4 members (excludes halogenated alkanes) is 1. The summed E-state index contributed by atoms with van der Waals surface area (Å²) in [7, 11) is 1.60. The van der Waals surface area contributed by atoms with Gasteiger partial charge in [-0.2, -0.15) is 0 Å². The number of nitrogens with zero attached hydrogens (tertiary/aromatic N) is 4. The second-order valence-corrected chi connectivity index (χ2v) is 18.7. The van der Waals surface area contributed by atoms with Crippen molar-refractivity contribution in [2.45, 2.75) is 154 Å². The average Bonchev–Trinajstić information content (AvgIpc) is 3.84. The Kier molecular flexibility index (Phi) is 15.7. The molecule has 3 aromatic rings. The van der Waals surface area contributed by atoms with E-state index in [4.69, 9.17) is 29.4 Å². The van der Waals surface area contributed by atoms with Gasteiger partial charge in [-0.15, -0.1) is 5.10 Å². The fourth-order valence-electron chi connectivity index (χ4n) is 10.1. The van der Waals surface area contributed by atoms with Gasteiger partial charge in [0.15, 0.2) is 17.7 Å². The number of ether oxygens (including phenoxy) is 5. The van der Waals surface area contributed by atoms with E-state index in [0.29, 0.717) is 63.8 Å². The fourth-order valence-corrected chi connectivity index (χ4v) is 10.1. The summed E-state index contributed by atoms with van der Waals surface area (Å²) in [4.78, 5) is 44.7. The largest absolute Gasteiger partial charge is 0.458 e. The maximum atomic E-state index is 14.5. The molecule has 4 N–H and O–H groups in total. The van der Waals surface area contributed by atoms with Crippen LogP contribution in [0.3, 0.4) is 0 Å². The number of aromatic nitrogens is 3. The van der Waals surface area contributed by atoms with Crippen LogP contribution in [0.4, 0.5) is 10.5 Å². The number of aryl methyl sites for hydroxylation is 1. The zero-order chi connectivity index (χ0) is 45.6. The Morgan fingerprint density at radius 3 is 2.43 bits per heavy atom. The molecule has 1 amide bonds. The molecule has 0 radical (unpaired) electrons. The van der Waals surface area contributed by atoms with Crippen molar-refractivity contribution < 1.29 is 43.2 Å². The van der Waals surface area contributed by atoms with Gasteiger partial charge in [-0.1, -0.05) is 75.4 Å². The van der Waals surface area contributed by atoms with Crippen LogP contribution in [-0.4, -0.2) is 117 Å². The molecule has 1 aromatic heterocycles. The van der Waals surface area contributed by atoms with Crippen molar-refractivity contribution in [1.29, 1.82) is 0 Å². The highest BCUT2D eigenvalue weighted by Gasteiger charge is 2.59. The molecule has 13 atom stereocenters. The van der Waals surface area contributed by atoms with E-state index in [1.54, 1.807) is 30.5 Å². The Hall–Kier alpha value is -4.41. The normalized spacial score (nSPS) is 34.7. The number of carbonyl (C=O) groups is 3. The molecule has 0 spiro atoms. The van der Waals surface area contributed by atoms with Gasteiger partial charge in [0, 0.05) is 43.4 Å². The number of aliphatic hydroxyl groups excluding tert-OH is 1. The molecule has 3 unspecified atom stereocenters. The minimum Gasteiger partial charge on any atom is -0.458 e. The first-order valence-electron chi connectivity index (χ1n) is 22.8. The van der Waals surface area contributed by atoms with E-state index < -0.39 is 71.5 Å². The second kappa shape index (κ2) is 20.6. The molecule has 3 aliphatic rings. The van der Waals surface area contributed by atoms with Gasteiger partial charge in [0.25, 0.3) is 0 Å². The van der Waals surface area contributed by atoms with Gasteiger partial charge in [0.1, 0.15) is 23.8 Å². The number of benzene rings is 2. The molecule has 6 rings (SSSR count). The number of aliphatic hydroxyl groups is 1. The lowest BCUT2D eigenvalue weighted by Crippen LogP contribution is -2.62. The van der Waals surface area contributed by atoms with Crippen molar-refractivity contribution in [2.24, 2.45) is 23.7 Å². The summed E-state index contributed by atoms with van der Waals surface area (Å²) in [5, 5.41) is 23.8. The number of hydrogen-bond acceptors (Lipinski definition) is 13. The van der Waals surface area contributed by atoms with Crippen LogP contribution in [0.15, 0.2) is 60.8 Å². The van der Waals surface area contributed by atoms with E-state index in [1.165, 1.54) is 0 Å². The highest BCUT2D eigenvalue weighted by atomic mass is 16.7. The number of cyclic esters (lactones) is 1. The van der Waals surface area contributed by atoms with Crippen LogP contribution in [0, 0.1) is 23.7 Å². The maximum Gasteiger partial charge on any atom is 0.410 e. The monoisotopic (exact) mass is 875 g/mol. The lowest BCUT2D eigenvalue weighted by atomic mass is 9.78. The first-order chi connectivity index (χ1) is 30.0. The van der Waals surface area contributed by atoms with E-state index in [-0.39, 0.29) is 24.0 Å². The fraction of sp³-hybridized carbons (Fsp3) is 0.646. The first kappa shape index (κ1) is 48.1. The van der Waals surface area contributed by atoms with Gasteiger partial charge in [-0.3, -0.25) is 19.2 Å². The van der Waals surface area contributed by atoms with Crippen LogP contribution in [0.5, 0.6) is 0 Å². The number of nitrogens with one attached hydrogen (secondary N) is 1. The van der Waals surface area contributed by atoms with Crippen LogP contribution in [0.25, 0.3) is 11.3 Å². The zero-order valence-corrected chi connectivity index (χ0v) is 38.6. The summed E-state index contributed by atoms with van der Waals surface area (Å²) < 4.78 is 33.6. The van der Waals surface area contributed by atoms with Gasteiger partial charge >= 0.3 is 12.1 Å². The minimum atomic E-state index is -1.29. The summed E-state index contributed by atoms with van der Waals surface area (Å²) >= 11 is 0. The van der Waals surface area contributed by atoms with Gasteiger partial charge < -0.3 is 39.8 Å². The van der Waals surface area contributed by atoms with Crippen molar-refractivity contribution in [3.05, 3.63) is 66.4 Å². The maximum absolute atomic E-state index is 14.5. The van der Waals surface area contributed by atoms with Crippen molar-refractivity contribution >= 4 is 23.5 Å². The Labute approximate surface area is 372 Å². The van der Waals surface area contributed by atoms with E-state index in [1.807, 2.05) is 83.3 Å². The summed E-state index contributed by atoms with van der Waals surface area (Å²) in [6.45, 7) is 16.4. The molecule has 346 valence electrons. The topological polar surface area (TPSA) is 190 Å². The molecule has 4 heterocycles. The summed E-state index contributed by atoms with van der Waals surface area (Å²) in [6.07, 6.45) is 0.840. The lowest BCUT2D eigenvalue weighted by Gasteiger charge is -2.45. The number of ketones is 1. The van der Waals surface area contributed by atoms with E-state index >= 15 is 0 Å². The third-order valence-corrected chi connectivity index (χ3v) is 13.6. The number of carbonyl (C=O) groups excluding carboxylic acids is 3. The van der Waals surface area contributed by atoms with Crippen LogP contribution in [0.1, 0.15) is 93.1 Å². The molecule has 63 heavy (non-hydrogen) atoms. The summed E-state index contributed by atoms with van der Waals surface area (Å²) in [5.74, 6) is -3.30. The standard InChI is InChI=1S/C48H70N6O9/c1-10-39-48(8)42(54(46(58)63-48)22-15-14-21-53-28-38(51-52-53)35-19-16-20-36(49)25-35)37(24-34-17-12-11-13-18-34)50-27-29(2)26-47(7,59-9)43(32(5)41(56)33(6)44(57)61-39)62-45-40(55)30(3)23-31(4)60-45/h11-13,16-20,25,28-33,37,39-40,42-43,45,50,55H,10,14-15,21-24,26-27,49H2,1-9H3/t29-,30?,31?,32+,33-,37-,39-,40?,42-,43-,45+,47-,48-/m1/s1. The third-order valence-electron chi connectivity index (χ3n) is 13.6. The Morgan fingerprint density at radius 2 is 1.73 bits per heavy atom. The van der Waals surface area contributed by atoms with Crippen molar-refractivity contribution in [3.8, 4) is 11.3 Å². The van der Waals surface area contributed by atoms with Crippen molar-refractivity contribution in [2.75, 3.05) is 25.9 Å². The highest BCUT2D eigenvalue weighted by molar-refractivity contribution is 6.00. The highest BCUT2D eigenvalue weighted by Crippen LogP contribution is 2.41. The quantitative estimate of drug-likeness (QED) is 0.0807. The van der Waals surface area contributed by atoms with E-state index in [9.17, 15) is 19.5 Å². The van der Waals surface area contributed by atoms with Crippen LogP contribution in [0.2, 0.25) is 0 Å². The second-order valence-electron chi connectivity index (χ2n) is 18.7. The molecule has 3 fully saturated rings. The van der Waals surface area contributed by atoms with Crippen molar-refractivity contribution in [1.82, 2.24) is 25.2 Å². The number of rotatable bonds is 12. The Balaban J connectivity index is 1.31. The summed E-state index contributed by atoms with van der Waals surface area (Å²) in [6, 6.07) is 16.7. The van der Waals surface area contributed by atoms with Crippen LogP contribution in [-0.2, 0) is 46.2 Å². The number of methoxy groups -OCH3 is 1. The molecule has 3 saturated heterocycles. The van der Waals surface area contributed by atoms with Crippen molar-refractivity contribution in [3.63, 3.8) is 0 Å². The summed E-state index contributed by atoms with van der Waals surface area (Å²) in [5.41, 5.74) is 6.97. The molecule has 15 heteroatoms. The number of hydrogen-bond donors (Lipinski definition) is 3. The van der Waals surface area contributed by atoms with Gasteiger partial charge in [0.2, 0.25) is 0 Å². The molecular weight excluding hydrogens is 805 g/mol. The smallest absolute Gasteiger partial charge is 0.410 e. The Bertz CT molecular complexity index is 2000. The number of anilines is 1. The van der Waals surface area contributed by atoms with Gasteiger partial charge in [-0.05, 0) is 102 Å². The molecule has 0 saturated carbocycles. The van der Waals surface area contributed by atoms with Crippen LogP contribution < -0.4 is 11.1 Å². The molecule has 0 aliphatic carbocycles. The number of nitrogens with two attached hydrogens (primary N) is 1. The number of fused-ring (bicyclic) bond motifs is 1. The molecule has 2 aromatic carbocycles. The minimum absolute atomic E-state index is 0.0447. The van der Waals surface area contributed by atoms with E-state index in [0.717, 1.165) is 16.8 Å². The van der Waals surface area contributed by atoms with E-state index in [2.05, 4.69) is 34.7 Å². The van der Waals surface area contributed by atoms with Gasteiger partial charge in [0.05, 0.1) is 30.0 Å². The Morgan fingerprint density at radius 1 is 1.00 bits per heavy atom. The number of amides is 1. The number of Topliss-reactive ketones (excluding diaryl/α,β-unsaturated/α-hetero) is 1. The predicted octanol–water partition coefficient (Wildman–Crippen LogP) is 6.21. The number of esters is 1. The van der Waals surface area contributed by atoms with Crippen LogP contribution >= 0.6 is 0 Å². The molecule has 15 nitrogen and oxygen atoms in total. The molecular formula is C48H70N6O9. The van der Waals surface area contributed by atoms with Gasteiger partial charge in [-0.25, -0.2) is 4.79 Å². The molecule has 0 bridgehead atoms. The third kappa shape index (κ3) is 10.9. The lowest BCUT2D eigenvalue weighted by molar-refractivity contribution is -0.294. The number of nitrogen functional groups attached to an aromatic ring is 1. The average molecular weight is 875 g/mol.